The Bertz CT molecular complexity index is 393. The van der Waals surface area contributed by atoms with E-state index in [-0.39, 0.29) is 5.76 Å². The van der Waals surface area contributed by atoms with Gasteiger partial charge in [-0.15, -0.1) is 0 Å². The fourth-order valence-corrected chi connectivity index (χ4v) is 1.22. The second-order valence-corrected chi connectivity index (χ2v) is 3.11. The summed E-state index contributed by atoms with van der Waals surface area (Å²) in [6.45, 7) is 4.23. The van der Waals surface area contributed by atoms with Crippen LogP contribution in [0.1, 0.15) is 19.6 Å². The zero-order chi connectivity index (χ0) is 12.8. The van der Waals surface area contributed by atoms with Crippen LogP contribution >= 0.6 is 0 Å². The molecule has 0 bridgehead atoms. The number of carbonyl (C=O) groups is 1. The number of ether oxygens (including phenoxy) is 1. The van der Waals surface area contributed by atoms with Gasteiger partial charge in [0.2, 0.25) is 5.76 Å². The summed E-state index contributed by atoms with van der Waals surface area (Å²) >= 11 is 0. The molecule has 0 aromatic carbocycles. The molecule has 0 aliphatic carbocycles. The molecule has 0 atom stereocenters. The maximum absolute atomic E-state index is 12.6. The Morgan fingerprint density at radius 1 is 1.41 bits per heavy atom. The quantitative estimate of drug-likeness (QED) is 0.764. The number of rotatable bonds is 4. The van der Waals surface area contributed by atoms with Crippen LogP contribution in [0, 0.1) is 0 Å². The van der Waals surface area contributed by atoms with E-state index in [0.717, 1.165) is 0 Å². The molecule has 6 heteroatoms. The lowest BCUT2D eigenvalue weighted by atomic mass is 10.4. The van der Waals surface area contributed by atoms with Gasteiger partial charge in [-0.3, -0.25) is 0 Å². The normalized spacial score (nSPS) is 9.88. The van der Waals surface area contributed by atoms with Crippen LogP contribution in [0.2, 0.25) is 0 Å². The first kappa shape index (κ1) is 13.2. The minimum absolute atomic E-state index is 0.175. The smallest absolute Gasteiger partial charge is 0.415 e. The Morgan fingerprint density at radius 3 is 2.47 bits per heavy atom. The Hall–Kier alpha value is -1.85. The van der Waals surface area contributed by atoms with E-state index < -0.39 is 17.9 Å². The van der Waals surface area contributed by atoms with E-state index in [0.29, 0.717) is 13.1 Å². The van der Waals surface area contributed by atoms with Crippen LogP contribution in [-0.4, -0.2) is 24.1 Å². The number of amides is 1. The molecule has 1 amide bonds. The molecule has 0 saturated carbocycles. The van der Waals surface area contributed by atoms with Crippen LogP contribution in [0.4, 0.5) is 13.6 Å². The molecule has 1 aromatic rings. The van der Waals surface area contributed by atoms with Crippen LogP contribution < -0.4 is 0 Å². The summed E-state index contributed by atoms with van der Waals surface area (Å²) in [6.07, 6.45) is -1.70. The molecule has 4 nitrogen and oxygen atoms in total. The number of hydrogen-bond donors (Lipinski definition) is 0. The van der Waals surface area contributed by atoms with Gasteiger partial charge in [0, 0.05) is 13.1 Å². The van der Waals surface area contributed by atoms with E-state index in [4.69, 9.17) is 4.42 Å². The number of halogens is 2. The van der Waals surface area contributed by atoms with Gasteiger partial charge in [0.25, 0.3) is 0 Å². The molecule has 0 saturated heterocycles. The lowest BCUT2D eigenvalue weighted by Crippen LogP contribution is -2.30. The van der Waals surface area contributed by atoms with Gasteiger partial charge in [-0.25, -0.2) is 4.79 Å². The van der Waals surface area contributed by atoms with Crippen molar-refractivity contribution in [3.05, 3.63) is 30.2 Å². The number of furan rings is 1. The highest BCUT2D eigenvalue weighted by Gasteiger charge is 2.21. The fraction of sp³-hybridized carbons (Fsp3) is 0.364. The molecule has 0 fully saturated rings. The summed E-state index contributed by atoms with van der Waals surface area (Å²) in [6, 6.07) is 2.73. The van der Waals surface area contributed by atoms with Crippen LogP contribution in [0.5, 0.6) is 0 Å². The molecule has 0 N–H and O–H groups in total. The zero-order valence-corrected chi connectivity index (χ0v) is 9.57. The minimum atomic E-state index is -2.10. The second-order valence-electron chi connectivity index (χ2n) is 3.11. The molecule has 94 valence electrons. The van der Waals surface area contributed by atoms with Crippen LogP contribution in [-0.2, 0) is 4.74 Å². The maximum Gasteiger partial charge on any atom is 0.415 e. The monoisotopic (exact) mass is 245 g/mol. The highest BCUT2D eigenvalue weighted by atomic mass is 19.3. The predicted octanol–water partition coefficient (Wildman–Crippen LogP) is 3.32. The van der Waals surface area contributed by atoms with E-state index in [1.165, 1.54) is 23.3 Å². The lowest BCUT2D eigenvalue weighted by Gasteiger charge is -2.17. The van der Waals surface area contributed by atoms with Crippen molar-refractivity contribution in [3.63, 3.8) is 0 Å². The summed E-state index contributed by atoms with van der Waals surface area (Å²) in [4.78, 5) is 12.8. The summed E-state index contributed by atoms with van der Waals surface area (Å²) in [5.74, 6) is -1.02. The predicted molar refractivity (Wildman–Crippen MR) is 57.2 cm³/mol. The minimum Gasteiger partial charge on any atom is -0.461 e. The lowest BCUT2D eigenvalue weighted by molar-refractivity contribution is 0.143. The van der Waals surface area contributed by atoms with Gasteiger partial charge in [0.1, 0.15) is 0 Å². The van der Waals surface area contributed by atoms with Gasteiger partial charge in [0.05, 0.1) is 6.26 Å². The molecule has 1 heterocycles. The Balaban J connectivity index is 2.84. The highest BCUT2D eigenvalue weighted by Crippen LogP contribution is 2.23. The van der Waals surface area contributed by atoms with Crippen molar-refractivity contribution >= 4 is 11.9 Å². The van der Waals surface area contributed by atoms with E-state index in [2.05, 4.69) is 4.74 Å². The van der Waals surface area contributed by atoms with Gasteiger partial charge >= 0.3 is 12.2 Å². The zero-order valence-electron chi connectivity index (χ0n) is 9.57. The standard InChI is InChI=1S/C11H13F2NO3/c1-3-14(4-2)11(15)17-9(10(12)13)8-6-5-7-16-8/h5-7H,3-4H2,1-2H3. The third-order valence-electron chi connectivity index (χ3n) is 2.13. The Labute approximate surface area is 97.5 Å². The summed E-state index contributed by atoms with van der Waals surface area (Å²) in [5, 5.41) is 0. The van der Waals surface area contributed by atoms with Crippen LogP contribution in [0.3, 0.4) is 0 Å². The second kappa shape index (κ2) is 6.03. The number of nitrogens with zero attached hydrogens (tertiary/aromatic N) is 1. The van der Waals surface area contributed by atoms with Crippen molar-refractivity contribution < 1.29 is 22.7 Å². The largest absolute Gasteiger partial charge is 0.461 e. The van der Waals surface area contributed by atoms with Crippen LogP contribution in [0.15, 0.2) is 28.9 Å². The molecule has 0 unspecified atom stereocenters. The third kappa shape index (κ3) is 3.30. The van der Waals surface area contributed by atoms with Gasteiger partial charge < -0.3 is 14.1 Å². The van der Waals surface area contributed by atoms with Crippen molar-refractivity contribution in [2.45, 2.75) is 13.8 Å². The maximum atomic E-state index is 12.6. The van der Waals surface area contributed by atoms with E-state index in [1.54, 1.807) is 13.8 Å². The van der Waals surface area contributed by atoms with Crippen molar-refractivity contribution in [1.82, 2.24) is 4.90 Å². The molecule has 0 spiro atoms. The van der Waals surface area contributed by atoms with E-state index >= 15 is 0 Å². The van der Waals surface area contributed by atoms with Crippen LogP contribution in [0.25, 0.3) is 5.76 Å². The van der Waals surface area contributed by atoms with E-state index in [1.807, 2.05) is 0 Å². The molecule has 17 heavy (non-hydrogen) atoms. The molecular formula is C11H13F2NO3. The SMILES string of the molecule is CCN(CC)C(=O)OC(=C(F)F)c1ccco1. The van der Waals surface area contributed by atoms with Crippen molar-refractivity contribution in [1.29, 1.82) is 0 Å². The Morgan fingerprint density at radius 2 is 2.06 bits per heavy atom. The van der Waals surface area contributed by atoms with Gasteiger partial charge in [-0.05, 0) is 26.0 Å². The van der Waals surface area contributed by atoms with Crippen molar-refractivity contribution in [2.24, 2.45) is 0 Å². The third-order valence-corrected chi connectivity index (χ3v) is 2.13. The molecule has 0 aliphatic rings. The average Bonchev–Trinajstić information content (AvgIpc) is 2.80. The topological polar surface area (TPSA) is 42.7 Å². The first-order valence-corrected chi connectivity index (χ1v) is 5.16. The molecule has 0 aliphatic heterocycles. The summed E-state index contributed by atoms with van der Waals surface area (Å²) in [5.41, 5.74) is 0. The van der Waals surface area contributed by atoms with Gasteiger partial charge in [-0.1, -0.05) is 0 Å². The first-order valence-electron chi connectivity index (χ1n) is 5.16. The Kier molecular flexibility index (Phi) is 4.68. The van der Waals surface area contributed by atoms with Crippen molar-refractivity contribution in [3.8, 4) is 0 Å². The van der Waals surface area contributed by atoms with E-state index in [9.17, 15) is 13.6 Å². The average molecular weight is 245 g/mol. The summed E-state index contributed by atoms with van der Waals surface area (Å²) < 4.78 is 34.6. The molecule has 1 aromatic heterocycles. The molecule has 1 rings (SSSR count). The number of carbonyl (C=O) groups excluding carboxylic acids is 1. The first-order chi connectivity index (χ1) is 8.10. The van der Waals surface area contributed by atoms with Gasteiger partial charge in [-0.2, -0.15) is 8.78 Å². The molecule has 0 radical (unpaired) electrons. The number of hydrogen-bond acceptors (Lipinski definition) is 3. The summed E-state index contributed by atoms with van der Waals surface area (Å²) in [7, 11) is 0. The highest BCUT2D eigenvalue weighted by molar-refractivity contribution is 5.75. The van der Waals surface area contributed by atoms with Crippen molar-refractivity contribution in [2.75, 3.05) is 13.1 Å². The molecular weight excluding hydrogens is 232 g/mol. The fourth-order valence-electron chi connectivity index (χ4n) is 1.22. The van der Waals surface area contributed by atoms with Gasteiger partial charge in [0.15, 0.2) is 5.76 Å².